The Morgan fingerprint density at radius 1 is 1.00 bits per heavy atom. The van der Waals surface area contributed by atoms with E-state index in [-0.39, 0.29) is 0 Å². The number of ether oxygens (including phenoxy) is 3. The molecule has 0 aliphatic carbocycles. The molecule has 1 aromatic heterocycles. The molecule has 96 valence electrons. The smallest absolute Gasteiger partial charge is 0.203 e. The third kappa shape index (κ3) is 2.13. The van der Waals surface area contributed by atoms with Gasteiger partial charge >= 0.3 is 0 Å². The van der Waals surface area contributed by atoms with E-state index < -0.39 is 0 Å². The topological polar surface area (TPSA) is 40.6 Å². The van der Waals surface area contributed by atoms with Crippen molar-refractivity contribution >= 4 is 11.5 Å². The number of rotatable bonds is 4. The average molecular weight is 265 g/mol. The SMILES string of the molecule is COc1cc(-c2nscc2C)cc(OC)c1OC. The zero-order valence-corrected chi connectivity index (χ0v) is 11.6. The third-order valence-corrected chi connectivity index (χ3v) is 3.43. The minimum atomic E-state index is 0.594. The van der Waals surface area contributed by atoms with Crippen molar-refractivity contribution in [3.8, 4) is 28.5 Å². The van der Waals surface area contributed by atoms with Crippen molar-refractivity contribution in [3.63, 3.8) is 0 Å². The van der Waals surface area contributed by atoms with E-state index in [1.165, 1.54) is 11.5 Å². The van der Waals surface area contributed by atoms with Crippen LogP contribution in [-0.2, 0) is 0 Å². The maximum absolute atomic E-state index is 5.33. The van der Waals surface area contributed by atoms with Crippen molar-refractivity contribution in [3.05, 3.63) is 23.1 Å². The van der Waals surface area contributed by atoms with Gasteiger partial charge in [-0.25, -0.2) is 0 Å². The predicted molar refractivity (Wildman–Crippen MR) is 71.9 cm³/mol. The van der Waals surface area contributed by atoms with Gasteiger partial charge in [0.2, 0.25) is 5.75 Å². The Balaban J connectivity index is 2.60. The fourth-order valence-electron chi connectivity index (χ4n) is 1.78. The molecule has 1 aromatic carbocycles. The molecule has 0 unspecified atom stereocenters. The van der Waals surface area contributed by atoms with Gasteiger partial charge in [0, 0.05) is 10.9 Å². The number of benzene rings is 1. The first-order chi connectivity index (χ1) is 8.71. The lowest BCUT2D eigenvalue weighted by Gasteiger charge is -2.13. The lowest BCUT2D eigenvalue weighted by atomic mass is 10.1. The zero-order chi connectivity index (χ0) is 13.1. The minimum Gasteiger partial charge on any atom is -0.493 e. The summed E-state index contributed by atoms with van der Waals surface area (Å²) in [4.78, 5) is 0. The summed E-state index contributed by atoms with van der Waals surface area (Å²) in [5.74, 6) is 1.87. The van der Waals surface area contributed by atoms with Gasteiger partial charge in [-0.2, -0.15) is 4.37 Å². The maximum Gasteiger partial charge on any atom is 0.203 e. The molecule has 0 radical (unpaired) electrons. The van der Waals surface area contributed by atoms with Gasteiger partial charge < -0.3 is 14.2 Å². The summed E-state index contributed by atoms with van der Waals surface area (Å²) < 4.78 is 20.3. The summed E-state index contributed by atoms with van der Waals surface area (Å²) in [6.07, 6.45) is 0. The van der Waals surface area contributed by atoms with Crippen molar-refractivity contribution in [2.24, 2.45) is 0 Å². The molecule has 4 nitrogen and oxygen atoms in total. The molecule has 0 aliphatic rings. The highest BCUT2D eigenvalue weighted by molar-refractivity contribution is 7.04. The van der Waals surface area contributed by atoms with Crippen LogP contribution in [0.2, 0.25) is 0 Å². The van der Waals surface area contributed by atoms with E-state index >= 15 is 0 Å². The van der Waals surface area contributed by atoms with Gasteiger partial charge in [0.05, 0.1) is 27.0 Å². The van der Waals surface area contributed by atoms with Crippen LogP contribution in [0.3, 0.4) is 0 Å². The quantitative estimate of drug-likeness (QED) is 0.851. The van der Waals surface area contributed by atoms with E-state index in [1.807, 2.05) is 24.4 Å². The molecule has 0 bridgehead atoms. The molecule has 0 fully saturated rings. The van der Waals surface area contributed by atoms with Crippen molar-refractivity contribution < 1.29 is 14.2 Å². The van der Waals surface area contributed by atoms with Crippen molar-refractivity contribution in [2.45, 2.75) is 6.92 Å². The minimum absolute atomic E-state index is 0.594. The number of hydrogen-bond donors (Lipinski definition) is 0. The van der Waals surface area contributed by atoms with E-state index in [2.05, 4.69) is 4.37 Å². The number of aromatic nitrogens is 1. The van der Waals surface area contributed by atoms with Gasteiger partial charge in [0.1, 0.15) is 0 Å². The summed E-state index contributed by atoms with van der Waals surface area (Å²) in [6.45, 7) is 2.03. The van der Waals surface area contributed by atoms with Gasteiger partial charge in [0.25, 0.3) is 0 Å². The number of hydrogen-bond acceptors (Lipinski definition) is 5. The van der Waals surface area contributed by atoms with E-state index in [1.54, 1.807) is 21.3 Å². The molecule has 0 saturated heterocycles. The fourth-order valence-corrected chi connectivity index (χ4v) is 2.46. The molecular weight excluding hydrogens is 250 g/mol. The molecular formula is C13H15NO3S. The Kier molecular flexibility index (Phi) is 3.72. The van der Waals surface area contributed by atoms with Crippen LogP contribution < -0.4 is 14.2 Å². The summed E-state index contributed by atoms with van der Waals surface area (Å²) in [5.41, 5.74) is 3.04. The fraction of sp³-hybridized carbons (Fsp3) is 0.308. The molecule has 2 rings (SSSR count). The predicted octanol–water partition coefficient (Wildman–Crippen LogP) is 3.14. The summed E-state index contributed by atoms with van der Waals surface area (Å²) >= 11 is 1.44. The Labute approximate surface area is 110 Å². The van der Waals surface area contributed by atoms with Gasteiger partial charge in [-0.15, -0.1) is 0 Å². The van der Waals surface area contributed by atoms with Gasteiger partial charge in [-0.1, -0.05) is 0 Å². The summed E-state index contributed by atoms with van der Waals surface area (Å²) in [5, 5.41) is 2.01. The van der Waals surface area contributed by atoms with Crippen LogP contribution in [0.1, 0.15) is 5.56 Å². The first-order valence-electron chi connectivity index (χ1n) is 5.42. The van der Waals surface area contributed by atoms with E-state index in [0.717, 1.165) is 16.8 Å². The Hall–Kier alpha value is -1.75. The second-order valence-electron chi connectivity index (χ2n) is 3.76. The highest BCUT2D eigenvalue weighted by Gasteiger charge is 2.15. The number of nitrogens with zero attached hydrogens (tertiary/aromatic N) is 1. The summed E-state index contributed by atoms with van der Waals surface area (Å²) in [7, 11) is 4.80. The lowest BCUT2D eigenvalue weighted by molar-refractivity contribution is 0.324. The van der Waals surface area contributed by atoms with Crippen LogP contribution in [0.5, 0.6) is 17.2 Å². The number of aryl methyl sites for hydroxylation is 1. The second kappa shape index (κ2) is 5.27. The van der Waals surface area contributed by atoms with Crippen LogP contribution in [0.15, 0.2) is 17.5 Å². The van der Waals surface area contributed by atoms with E-state index in [9.17, 15) is 0 Å². The largest absolute Gasteiger partial charge is 0.493 e. The molecule has 5 heteroatoms. The highest BCUT2D eigenvalue weighted by Crippen LogP contribution is 2.41. The monoisotopic (exact) mass is 265 g/mol. The van der Waals surface area contributed by atoms with Gasteiger partial charge in [-0.05, 0) is 36.2 Å². The van der Waals surface area contributed by atoms with Crippen molar-refractivity contribution in [1.29, 1.82) is 0 Å². The lowest BCUT2D eigenvalue weighted by Crippen LogP contribution is -1.96. The van der Waals surface area contributed by atoms with Crippen LogP contribution in [0.4, 0.5) is 0 Å². The maximum atomic E-state index is 5.33. The third-order valence-electron chi connectivity index (χ3n) is 2.69. The Morgan fingerprint density at radius 3 is 2.00 bits per heavy atom. The molecule has 18 heavy (non-hydrogen) atoms. The van der Waals surface area contributed by atoms with Crippen molar-refractivity contribution in [2.75, 3.05) is 21.3 Å². The molecule has 0 spiro atoms. The molecule has 0 saturated carbocycles. The van der Waals surface area contributed by atoms with E-state index in [4.69, 9.17) is 14.2 Å². The summed E-state index contributed by atoms with van der Waals surface area (Å²) in [6, 6.07) is 3.81. The standard InChI is InChI=1S/C13H15NO3S/c1-8-7-18-14-12(8)9-5-10(15-2)13(17-4)11(6-9)16-3/h5-7H,1-4H3. The molecule has 2 aromatic rings. The van der Waals surface area contributed by atoms with Gasteiger partial charge in [-0.3, -0.25) is 0 Å². The molecule has 0 N–H and O–H groups in total. The zero-order valence-electron chi connectivity index (χ0n) is 10.8. The molecule has 0 aliphatic heterocycles. The van der Waals surface area contributed by atoms with Crippen LogP contribution in [0.25, 0.3) is 11.3 Å². The highest BCUT2D eigenvalue weighted by atomic mass is 32.1. The second-order valence-corrected chi connectivity index (χ2v) is 4.39. The van der Waals surface area contributed by atoms with Gasteiger partial charge in [0.15, 0.2) is 11.5 Å². The molecule has 1 heterocycles. The molecule has 0 atom stereocenters. The first kappa shape index (κ1) is 12.7. The van der Waals surface area contributed by atoms with E-state index in [0.29, 0.717) is 17.2 Å². The van der Waals surface area contributed by atoms with Crippen molar-refractivity contribution in [1.82, 2.24) is 4.37 Å². The Bertz CT molecular complexity index is 526. The van der Waals surface area contributed by atoms with Crippen LogP contribution in [-0.4, -0.2) is 25.7 Å². The normalized spacial score (nSPS) is 10.2. The first-order valence-corrected chi connectivity index (χ1v) is 6.26. The average Bonchev–Trinajstić information content (AvgIpc) is 2.83. The number of methoxy groups -OCH3 is 3. The van der Waals surface area contributed by atoms with Crippen LogP contribution in [0, 0.1) is 6.92 Å². The van der Waals surface area contributed by atoms with Crippen LogP contribution >= 0.6 is 11.5 Å². The Morgan fingerprint density at radius 2 is 1.61 bits per heavy atom. The molecule has 0 amide bonds.